The zero-order valence-electron chi connectivity index (χ0n) is 20.6. The number of nitrogens with two attached hydrogens (primary N) is 1. The Labute approximate surface area is 211 Å². The van der Waals surface area contributed by atoms with E-state index >= 15 is 0 Å². The smallest absolute Gasteiger partial charge is 0.0544 e. The van der Waals surface area contributed by atoms with Gasteiger partial charge in [-0.2, -0.15) is 0 Å². The zero-order valence-corrected chi connectivity index (χ0v) is 20.6. The van der Waals surface area contributed by atoms with Gasteiger partial charge in [0.15, 0.2) is 0 Å². The standard InChI is InChI=1S/C34H28N2/c1-34(2)29-15-6-4-13-25(29)27-20-28-26-14-5-8-17-32(26)36(33(28)21-30(27)34)24-12-9-10-22(19-24)18-23-11-3-7-16-31(23)35/h3-17,19-21H,18,35H2,1-2H3. The molecule has 0 spiro atoms. The summed E-state index contributed by atoms with van der Waals surface area (Å²) in [5, 5.41) is 2.59. The molecule has 6 aromatic rings. The van der Waals surface area contributed by atoms with Crippen LogP contribution < -0.4 is 5.73 Å². The lowest BCUT2D eigenvalue weighted by molar-refractivity contribution is 0.661. The number of para-hydroxylation sites is 2. The van der Waals surface area contributed by atoms with Crippen LogP contribution in [0, 0.1) is 0 Å². The average molecular weight is 465 g/mol. The highest BCUT2D eigenvalue weighted by Gasteiger charge is 2.36. The van der Waals surface area contributed by atoms with Crippen molar-refractivity contribution in [3.8, 4) is 16.8 Å². The van der Waals surface area contributed by atoms with E-state index in [1.165, 1.54) is 55.3 Å². The van der Waals surface area contributed by atoms with E-state index in [2.05, 4.69) is 115 Å². The molecule has 0 unspecified atom stereocenters. The number of fused-ring (bicyclic) bond motifs is 6. The number of anilines is 1. The maximum absolute atomic E-state index is 6.26. The lowest BCUT2D eigenvalue weighted by Gasteiger charge is -2.21. The van der Waals surface area contributed by atoms with E-state index in [4.69, 9.17) is 5.73 Å². The van der Waals surface area contributed by atoms with E-state index in [1.54, 1.807) is 0 Å². The van der Waals surface area contributed by atoms with Crippen molar-refractivity contribution in [2.45, 2.75) is 25.7 Å². The van der Waals surface area contributed by atoms with E-state index < -0.39 is 0 Å². The van der Waals surface area contributed by atoms with Crippen molar-refractivity contribution >= 4 is 27.5 Å². The molecule has 2 nitrogen and oxygen atoms in total. The van der Waals surface area contributed by atoms with Gasteiger partial charge in [0.25, 0.3) is 0 Å². The molecular formula is C34H28N2. The Morgan fingerprint density at radius 3 is 2.31 bits per heavy atom. The molecule has 0 fully saturated rings. The second-order valence-electron chi connectivity index (χ2n) is 10.5. The van der Waals surface area contributed by atoms with Crippen LogP contribution in [0.3, 0.4) is 0 Å². The first-order valence-corrected chi connectivity index (χ1v) is 12.6. The normalized spacial score (nSPS) is 13.7. The lowest BCUT2D eigenvalue weighted by atomic mass is 9.82. The third-order valence-corrected chi connectivity index (χ3v) is 7.99. The summed E-state index contributed by atoms with van der Waals surface area (Å²) in [6.45, 7) is 4.70. The third kappa shape index (κ3) is 2.97. The molecule has 1 heterocycles. The van der Waals surface area contributed by atoms with Crippen molar-refractivity contribution in [2.75, 3.05) is 5.73 Å². The second-order valence-corrected chi connectivity index (χ2v) is 10.5. The summed E-state index contributed by atoms with van der Waals surface area (Å²) in [5.74, 6) is 0. The Balaban J connectivity index is 1.47. The first-order chi connectivity index (χ1) is 17.5. The molecule has 174 valence electrons. The minimum absolute atomic E-state index is 0.0336. The summed E-state index contributed by atoms with van der Waals surface area (Å²) in [6, 6.07) is 39.5. The maximum Gasteiger partial charge on any atom is 0.0544 e. The van der Waals surface area contributed by atoms with Crippen molar-refractivity contribution in [2.24, 2.45) is 0 Å². The van der Waals surface area contributed by atoms with Crippen LogP contribution in [0.25, 0.3) is 38.6 Å². The summed E-state index contributed by atoms with van der Waals surface area (Å²) in [7, 11) is 0. The van der Waals surface area contributed by atoms with E-state index in [1.807, 2.05) is 12.1 Å². The first kappa shape index (κ1) is 21.0. The molecular weight excluding hydrogens is 436 g/mol. The molecule has 0 aliphatic heterocycles. The molecule has 36 heavy (non-hydrogen) atoms. The van der Waals surface area contributed by atoms with Crippen molar-refractivity contribution < 1.29 is 0 Å². The van der Waals surface area contributed by atoms with Crippen LogP contribution in [0.2, 0.25) is 0 Å². The molecule has 7 rings (SSSR count). The molecule has 1 aliphatic carbocycles. The van der Waals surface area contributed by atoms with Gasteiger partial charge in [0.1, 0.15) is 0 Å². The van der Waals surface area contributed by atoms with Crippen molar-refractivity contribution in [3.05, 3.63) is 131 Å². The number of rotatable bonds is 3. The Bertz CT molecular complexity index is 1800. The largest absolute Gasteiger partial charge is 0.398 e. The molecule has 0 saturated heterocycles. The van der Waals surface area contributed by atoms with E-state index in [-0.39, 0.29) is 5.41 Å². The summed E-state index contributed by atoms with van der Waals surface area (Å²) < 4.78 is 2.43. The van der Waals surface area contributed by atoms with Crippen LogP contribution in [-0.2, 0) is 11.8 Å². The number of aromatic nitrogens is 1. The van der Waals surface area contributed by atoms with Crippen molar-refractivity contribution in [1.29, 1.82) is 0 Å². The minimum Gasteiger partial charge on any atom is -0.398 e. The van der Waals surface area contributed by atoms with Crippen LogP contribution in [0.15, 0.2) is 109 Å². The Kier molecular flexibility index (Phi) is 4.44. The lowest BCUT2D eigenvalue weighted by Crippen LogP contribution is -2.14. The molecule has 0 bridgehead atoms. The monoisotopic (exact) mass is 464 g/mol. The average Bonchev–Trinajstić information content (AvgIpc) is 3.34. The molecule has 5 aromatic carbocycles. The SMILES string of the molecule is CC1(C)c2ccccc2-c2cc3c4ccccc4n(-c4cccc(Cc5ccccc5N)c4)c3cc21. The minimum atomic E-state index is -0.0336. The molecule has 0 amide bonds. The van der Waals surface area contributed by atoms with E-state index in [0.717, 1.165) is 17.7 Å². The van der Waals surface area contributed by atoms with Crippen LogP contribution in [0.4, 0.5) is 5.69 Å². The molecule has 2 heteroatoms. The van der Waals surface area contributed by atoms with Gasteiger partial charge in [-0.25, -0.2) is 0 Å². The summed E-state index contributed by atoms with van der Waals surface area (Å²) in [4.78, 5) is 0. The number of benzene rings is 5. The second kappa shape index (κ2) is 7.60. The summed E-state index contributed by atoms with van der Waals surface area (Å²) in [5.41, 5.74) is 18.7. The number of hydrogen-bond donors (Lipinski definition) is 1. The van der Waals surface area contributed by atoms with Gasteiger partial charge in [-0.15, -0.1) is 0 Å². The molecule has 0 saturated carbocycles. The zero-order chi connectivity index (χ0) is 24.4. The van der Waals surface area contributed by atoms with Gasteiger partial charge in [-0.3, -0.25) is 0 Å². The summed E-state index contributed by atoms with van der Waals surface area (Å²) in [6.07, 6.45) is 0.815. The molecule has 1 aliphatic rings. The highest BCUT2D eigenvalue weighted by Crippen LogP contribution is 2.50. The maximum atomic E-state index is 6.26. The van der Waals surface area contributed by atoms with Gasteiger partial charge >= 0.3 is 0 Å². The topological polar surface area (TPSA) is 30.9 Å². The van der Waals surface area contributed by atoms with E-state index in [0.29, 0.717) is 0 Å². The number of hydrogen-bond acceptors (Lipinski definition) is 1. The number of nitrogen functional groups attached to an aromatic ring is 1. The van der Waals surface area contributed by atoms with E-state index in [9.17, 15) is 0 Å². The van der Waals surface area contributed by atoms with Crippen molar-refractivity contribution in [3.63, 3.8) is 0 Å². The third-order valence-electron chi connectivity index (χ3n) is 7.99. The fourth-order valence-corrected chi connectivity index (χ4v) is 6.16. The Morgan fingerprint density at radius 1 is 0.639 bits per heavy atom. The quantitative estimate of drug-likeness (QED) is 0.263. The molecule has 2 N–H and O–H groups in total. The van der Waals surface area contributed by atoms with Crippen molar-refractivity contribution in [1.82, 2.24) is 4.57 Å². The fraction of sp³-hybridized carbons (Fsp3) is 0.118. The highest BCUT2D eigenvalue weighted by molar-refractivity contribution is 6.11. The fourth-order valence-electron chi connectivity index (χ4n) is 6.16. The number of nitrogens with zero attached hydrogens (tertiary/aromatic N) is 1. The van der Waals surface area contributed by atoms with Crippen LogP contribution >= 0.6 is 0 Å². The van der Waals surface area contributed by atoms with Gasteiger partial charge in [-0.05, 0) is 76.2 Å². The highest BCUT2D eigenvalue weighted by atomic mass is 15.0. The van der Waals surface area contributed by atoms with Crippen LogP contribution in [-0.4, -0.2) is 4.57 Å². The van der Waals surface area contributed by atoms with Gasteiger partial charge in [-0.1, -0.05) is 86.6 Å². The van der Waals surface area contributed by atoms with Gasteiger partial charge in [0.05, 0.1) is 11.0 Å². The van der Waals surface area contributed by atoms with Gasteiger partial charge in [0.2, 0.25) is 0 Å². The Morgan fingerprint density at radius 2 is 1.42 bits per heavy atom. The Hall–Kier alpha value is -4.30. The van der Waals surface area contributed by atoms with Crippen LogP contribution in [0.5, 0.6) is 0 Å². The van der Waals surface area contributed by atoms with Crippen LogP contribution in [0.1, 0.15) is 36.1 Å². The molecule has 0 radical (unpaired) electrons. The van der Waals surface area contributed by atoms with Gasteiger partial charge < -0.3 is 10.3 Å². The first-order valence-electron chi connectivity index (χ1n) is 12.6. The predicted molar refractivity (Wildman–Crippen MR) is 152 cm³/mol. The molecule has 0 atom stereocenters. The summed E-state index contributed by atoms with van der Waals surface area (Å²) >= 11 is 0. The predicted octanol–water partition coefficient (Wildman–Crippen LogP) is 8.26. The molecule has 1 aromatic heterocycles. The van der Waals surface area contributed by atoms with Gasteiger partial charge in [0, 0.05) is 27.6 Å².